The van der Waals surface area contributed by atoms with Gasteiger partial charge >= 0.3 is 0 Å². The zero-order valence-electron chi connectivity index (χ0n) is 15.6. The van der Waals surface area contributed by atoms with Crippen LogP contribution in [0.25, 0.3) is 11.0 Å². The molecule has 1 aromatic carbocycles. The van der Waals surface area contributed by atoms with E-state index in [1.165, 1.54) is 6.20 Å². The number of carbonyl (C=O) groups is 1. The summed E-state index contributed by atoms with van der Waals surface area (Å²) in [6.45, 7) is 3.74. The number of aryl methyl sites for hydroxylation is 2. The smallest absolute Gasteiger partial charge is 0.253 e. The standard InChI is InChI=1S/C19H17N5O3S2/c1-11-19(28-12(2)23-11)29(26,27)16-5-3-13(4-6-16)8-21-18(25)15-7-14-10-22-24-17(14)20-9-15/h3-7,9-10H,8H2,1-2H3,(H,21,25)(H,20,22,24). The van der Waals surface area contributed by atoms with Gasteiger partial charge in [-0.15, -0.1) is 11.3 Å². The Labute approximate surface area is 171 Å². The van der Waals surface area contributed by atoms with Gasteiger partial charge in [0.2, 0.25) is 9.84 Å². The number of hydrogen-bond donors (Lipinski definition) is 2. The van der Waals surface area contributed by atoms with Crippen LogP contribution >= 0.6 is 11.3 Å². The number of thiazole rings is 1. The molecular formula is C19H17N5O3S2. The number of aromatic nitrogens is 4. The molecule has 3 aromatic heterocycles. The Balaban J connectivity index is 1.46. The normalized spacial score (nSPS) is 11.7. The largest absolute Gasteiger partial charge is 0.348 e. The predicted molar refractivity (Wildman–Crippen MR) is 109 cm³/mol. The van der Waals surface area contributed by atoms with Gasteiger partial charge in [-0.25, -0.2) is 18.4 Å². The van der Waals surface area contributed by atoms with Gasteiger partial charge in [-0.1, -0.05) is 12.1 Å². The van der Waals surface area contributed by atoms with Crippen LogP contribution in [0.4, 0.5) is 0 Å². The summed E-state index contributed by atoms with van der Waals surface area (Å²) in [5.74, 6) is -0.270. The van der Waals surface area contributed by atoms with Crippen LogP contribution in [-0.2, 0) is 16.4 Å². The number of H-pyrrole nitrogens is 1. The lowest BCUT2D eigenvalue weighted by atomic mass is 10.2. The molecular weight excluding hydrogens is 410 g/mol. The number of rotatable bonds is 5. The highest BCUT2D eigenvalue weighted by atomic mass is 32.2. The van der Waals surface area contributed by atoms with Crippen molar-refractivity contribution in [2.75, 3.05) is 0 Å². The first-order valence-electron chi connectivity index (χ1n) is 8.70. The monoisotopic (exact) mass is 427 g/mol. The number of pyridine rings is 1. The Hall–Kier alpha value is -3.11. The van der Waals surface area contributed by atoms with Crippen LogP contribution < -0.4 is 5.32 Å². The Morgan fingerprint density at radius 1 is 1.17 bits per heavy atom. The highest BCUT2D eigenvalue weighted by Gasteiger charge is 2.23. The molecule has 10 heteroatoms. The van der Waals surface area contributed by atoms with E-state index in [0.717, 1.165) is 22.3 Å². The van der Waals surface area contributed by atoms with Crippen molar-refractivity contribution >= 4 is 38.1 Å². The number of hydrogen-bond acceptors (Lipinski definition) is 7. The third kappa shape index (κ3) is 3.76. The van der Waals surface area contributed by atoms with Crippen LogP contribution in [0.2, 0.25) is 0 Å². The van der Waals surface area contributed by atoms with Crippen LogP contribution in [-0.4, -0.2) is 34.5 Å². The zero-order chi connectivity index (χ0) is 20.6. The van der Waals surface area contributed by atoms with Crippen molar-refractivity contribution < 1.29 is 13.2 Å². The van der Waals surface area contributed by atoms with Crippen molar-refractivity contribution in [1.82, 2.24) is 25.5 Å². The number of sulfone groups is 1. The summed E-state index contributed by atoms with van der Waals surface area (Å²) in [5, 5.41) is 10.9. The van der Waals surface area contributed by atoms with Gasteiger partial charge in [-0.05, 0) is 37.6 Å². The first-order chi connectivity index (χ1) is 13.8. The maximum atomic E-state index is 12.8. The van der Waals surface area contributed by atoms with Crippen LogP contribution in [0, 0.1) is 13.8 Å². The van der Waals surface area contributed by atoms with Crippen molar-refractivity contribution in [2.45, 2.75) is 29.5 Å². The van der Waals surface area contributed by atoms with E-state index in [4.69, 9.17) is 0 Å². The molecule has 2 N–H and O–H groups in total. The molecule has 0 fully saturated rings. The van der Waals surface area contributed by atoms with Crippen LogP contribution in [0.15, 0.2) is 51.8 Å². The summed E-state index contributed by atoms with van der Waals surface area (Å²) >= 11 is 1.16. The van der Waals surface area contributed by atoms with Gasteiger partial charge in [0.15, 0.2) is 5.65 Å². The first-order valence-corrected chi connectivity index (χ1v) is 11.0. The fraction of sp³-hybridized carbons (Fsp3) is 0.158. The van der Waals surface area contributed by atoms with Crippen molar-refractivity contribution in [3.8, 4) is 0 Å². The van der Waals surface area contributed by atoms with Crippen molar-refractivity contribution in [1.29, 1.82) is 0 Å². The number of aromatic amines is 1. The van der Waals surface area contributed by atoms with Gasteiger partial charge in [-0.3, -0.25) is 9.89 Å². The predicted octanol–water partition coefficient (Wildman–Crippen LogP) is 2.79. The van der Waals surface area contributed by atoms with Crippen molar-refractivity contribution in [3.63, 3.8) is 0 Å². The number of nitrogens with one attached hydrogen (secondary N) is 2. The number of fused-ring (bicyclic) bond motifs is 1. The second-order valence-corrected chi connectivity index (χ2v) is 9.82. The molecule has 0 unspecified atom stereocenters. The first kappa shape index (κ1) is 19.2. The van der Waals surface area contributed by atoms with Crippen LogP contribution in [0.5, 0.6) is 0 Å². The fourth-order valence-electron chi connectivity index (χ4n) is 2.90. The number of benzene rings is 1. The molecule has 0 radical (unpaired) electrons. The molecule has 3 heterocycles. The zero-order valence-corrected chi connectivity index (χ0v) is 17.3. The quantitative estimate of drug-likeness (QED) is 0.506. The lowest BCUT2D eigenvalue weighted by molar-refractivity contribution is 0.0950. The molecule has 148 valence electrons. The average molecular weight is 428 g/mol. The molecule has 29 heavy (non-hydrogen) atoms. The maximum Gasteiger partial charge on any atom is 0.253 e. The molecule has 0 saturated carbocycles. The summed E-state index contributed by atoms with van der Waals surface area (Å²) < 4.78 is 25.9. The molecule has 0 atom stereocenters. The van der Waals surface area contributed by atoms with Gasteiger partial charge in [-0.2, -0.15) is 5.10 Å². The third-order valence-electron chi connectivity index (χ3n) is 4.35. The SMILES string of the molecule is Cc1nc(C)c(S(=O)(=O)c2ccc(CNC(=O)c3cnc4[nH]ncc4c3)cc2)s1. The van der Waals surface area contributed by atoms with E-state index in [9.17, 15) is 13.2 Å². The van der Waals surface area contributed by atoms with Gasteiger partial charge in [0.05, 0.1) is 27.4 Å². The minimum Gasteiger partial charge on any atom is -0.348 e. The Morgan fingerprint density at radius 3 is 2.62 bits per heavy atom. The van der Waals surface area contributed by atoms with Gasteiger partial charge < -0.3 is 5.32 Å². The van der Waals surface area contributed by atoms with E-state index in [0.29, 0.717) is 21.9 Å². The molecule has 1 amide bonds. The summed E-state index contributed by atoms with van der Waals surface area (Å²) in [6.07, 6.45) is 3.08. The number of nitrogens with zero attached hydrogens (tertiary/aromatic N) is 3. The lowest BCUT2D eigenvalue weighted by Gasteiger charge is -2.07. The van der Waals surface area contributed by atoms with E-state index in [-0.39, 0.29) is 21.6 Å². The molecule has 0 saturated heterocycles. The third-order valence-corrected chi connectivity index (χ3v) is 7.80. The van der Waals surface area contributed by atoms with Crippen LogP contribution in [0.1, 0.15) is 26.6 Å². The number of amides is 1. The molecule has 4 aromatic rings. The fourth-order valence-corrected chi connectivity index (χ4v) is 5.78. The topological polar surface area (TPSA) is 118 Å². The number of carbonyl (C=O) groups excluding carboxylic acids is 1. The Bertz CT molecular complexity index is 1310. The van der Waals surface area contributed by atoms with Gasteiger partial charge in [0.1, 0.15) is 4.21 Å². The van der Waals surface area contributed by atoms with Crippen molar-refractivity contribution in [3.05, 3.63) is 64.6 Å². The van der Waals surface area contributed by atoms with Crippen molar-refractivity contribution in [2.24, 2.45) is 0 Å². The Morgan fingerprint density at radius 2 is 1.93 bits per heavy atom. The van der Waals surface area contributed by atoms with E-state index >= 15 is 0 Å². The van der Waals surface area contributed by atoms with E-state index in [2.05, 4.69) is 25.5 Å². The molecule has 0 aliphatic heterocycles. The Kier molecular flexibility index (Phi) is 4.89. The molecule has 0 aliphatic carbocycles. The molecule has 0 aliphatic rings. The minimum absolute atomic E-state index is 0.203. The van der Waals surface area contributed by atoms with E-state index in [1.54, 1.807) is 50.4 Å². The highest BCUT2D eigenvalue weighted by molar-refractivity contribution is 7.93. The van der Waals surface area contributed by atoms with Crippen LogP contribution in [0.3, 0.4) is 0 Å². The maximum absolute atomic E-state index is 12.8. The molecule has 8 nitrogen and oxygen atoms in total. The summed E-state index contributed by atoms with van der Waals surface area (Å²) in [7, 11) is -3.60. The van der Waals surface area contributed by atoms with E-state index in [1.807, 2.05) is 0 Å². The van der Waals surface area contributed by atoms with Gasteiger partial charge in [0, 0.05) is 18.1 Å². The summed E-state index contributed by atoms with van der Waals surface area (Å²) in [6, 6.07) is 8.17. The molecule has 4 rings (SSSR count). The highest BCUT2D eigenvalue weighted by Crippen LogP contribution is 2.29. The van der Waals surface area contributed by atoms with E-state index < -0.39 is 9.84 Å². The van der Waals surface area contributed by atoms with Gasteiger partial charge in [0.25, 0.3) is 5.91 Å². The summed E-state index contributed by atoms with van der Waals surface area (Å²) in [5.41, 5.74) is 2.33. The molecule has 0 bridgehead atoms. The second-order valence-electron chi connectivity index (χ2n) is 6.47. The average Bonchev–Trinajstić information content (AvgIpc) is 3.31. The second kappa shape index (κ2) is 7.37. The minimum atomic E-state index is -3.60. The molecule has 0 spiro atoms. The lowest BCUT2D eigenvalue weighted by Crippen LogP contribution is -2.22. The summed E-state index contributed by atoms with van der Waals surface area (Å²) in [4.78, 5) is 20.9.